The second kappa shape index (κ2) is 5.84. The van der Waals surface area contributed by atoms with Gasteiger partial charge in [-0.1, -0.05) is 11.6 Å². The third kappa shape index (κ3) is 4.24. The zero-order valence-corrected chi connectivity index (χ0v) is 11.8. The monoisotopic (exact) mass is 368 g/mol. The van der Waals surface area contributed by atoms with Gasteiger partial charge in [-0.05, 0) is 34.1 Å². The van der Waals surface area contributed by atoms with Crippen LogP contribution < -0.4 is 9.47 Å². The van der Waals surface area contributed by atoms with Crippen molar-refractivity contribution >= 4 is 27.5 Å². The fourth-order valence-electron chi connectivity index (χ4n) is 1.25. The lowest BCUT2D eigenvalue weighted by atomic mass is 10.3. The molecule has 106 valence electrons. The Morgan fingerprint density at radius 1 is 1.20 bits per heavy atom. The Morgan fingerprint density at radius 3 is 2.55 bits per heavy atom. The first-order valence-electron chi connectivity index (χ1n) is 5.04. The predicted molar refractivity (Wildman–Crippen MR) is 67.9 cm³/mol. The van der Waals surface area contributed by atoms with E-state index >= 15 is 0 Å². The van der Waals surface area contributed by atoms with E-state index in [9.17, 15) is 13.2 Å². The largest absolute Gasteiger partial charge is 0.573 e. The average molecular weight is 370 g/mol. The van der Waals surface area contributed by atoms with Crippen LogP contribution in [0, 0.1) is 0 Å². The summed E-state index contributed by atoms with van der Waals surface area (Å²) < 4.78 is 45.5. The maximum Gasteiger partial charge on any atom is 0.573 e. The molecule has 4 nitrogen and oxygen atoms in total. The minimum absolute atomic E-state index is 0.0855. The molecule has 0 unspecified atom stereocenters. The summed E-state index contributed by atoms with van der Waals surface area (Å²) in [6.45, 7) is 0. The minimum atomic E-state index is -4.76. The number of rotatable bonds is 3. The van der Waals surface area contributed by atoms with Crippen LogP contribution in [0.15, 0.2) is 35.1 Å². The number of benzene rings is 1. The number of alkyl halides is 3. The summed E-state index contributed by atoms with van der Waals surface area (Å²) in [6, 6.07) is 3.73. The lowest BCUT2D eigenvalue weighted by molar-refractivity contribution is -0.274. The second-order valence-corrected chi connectivity index (χ2v) is 4.66. The van der Waals surface area contributed by atoms with Crippen molar-refractivity contribution in [2.75, 3.05) is 0 Å². The fraction of sp³-hybridized carbons (Fsp3) is 0.0909. The highest BCUT2D eigenvalue weighted by Crippen LogP contribution is 2.34. The molecular weight excluding hydrogens is 364 g/mol. The van der Waals surface area contributed by atoms with Gasteiger partial charge in [0.05, 0.1) is 16.9 Å². The Balaban J connectivity index is 2.17. The smallest absolute Gasteiger partial charge is 0.437 e. The number of aromatic nitrogens is 2. The lowest BCUT2D eigenvalue weighted by Gasteiger charge is -2.11. The zero-order valence-electron chi connectivity index (χ0n) is 9.49. The third-order valence-electron chi connectivity index (χ3n) is 1.93. The van der Waals surface area contributed by atoms with Crippen LogP contribution in [0.3, 0.4) is 0 Å². The highest BCUT2D eigenvalue weighted by molar-refractivity contribution is 9.10. The topological polar surface area (TPSA) is 44.2 Å². The van der Waals surface area contributed by atoms with Crippen LogP contribution in [0.5, 0.6) is 17.4 Å². The average Bonchev–Trinajstić information content (AvgIpc) is 2.31. The summed E-state index contributed by atoms with van der Waals surface area (Å²) >= 11 is 8.59. The van der Waals surface area contributed by atoms with E-state index in [0.29, 0.717) is 0 Å². The van der Waals surface area contributed by atoms with Gasteiger partial charge in [0.2, 0.25) is 5.88 Å². The molecule has 0 atom stereocenters. The van der Waals surface area contributed by atoms with E-state index < -0.39 is 6.36 Å². The number of halogens is 5. The fourth-order valence-corrected chi connectivity index (χ4v) is 1.83. The molecule has 20 heavy (non-hydrogen) atoms. The molecule has 0 spiro atoms. The van der Waals surface area contributed by atoms with Gasteiger partial charge in [0.15, 0.2) is 5.15 Å². The summed E-state index contributed by atoms with van der Waals surface area (Å²) in [4.78, 5) is 7.60. The maximum atomic E-state index is 12.1. The van der Waals surface area contributed by atoms with Crippen molar-refractivity contribution in [2.24, 2.45) is 0 Å². The van der Waals surface area contributed by atoms with E-state index in [1.54, 1.807) is 0 Å². The van der Waals surface area contributed by atoms with Crippen LogP contribution in [-0.2, 0) is 0 Å². The van der Waals surface area contributed by atoms with Gasteiger partial charge in [-0.2, -0.15) is 4.98 Å². The van der Waals surface area contributed by atoms with Crippen LogP contribution in [0.4, 0.5) is 13.2 Å². The summed E-state index contributed by atoms with van der Waals surface area (Å²) in [6.07, 6.45) is -2.12. The number of ether oxygens (including phenoxy) is 2. The van der Waals surface area contributed by atoms with Crippen molar-refractivity contribution in [1.29, 1.82) is 0 Å². The van der Waals surface area contributed by atoms with E-state index in [1.165, 1.54) is 24.5 Å². The van der Waals surface area contributed by atoms with Crippen LogP contribution >= 0.6 is 27.5 Å². The van der Waals surface area contributed by atoms with Gasteiger partial charge in [-0.25, -0.2) is 0 Å². The molecule has 0 radical (unpaired) electrons. The minimum Gasteiger partial charge on any atom is -0.437 e. The summed E-state index contributed by atoms with van der Waals surface area (Å²) in [5.74, 6) is -0.00103. The Morgan fingerprint density at radius 2 is 1.95 bits per heavy atom. The Kier molecular flexibility index (Phi) is 4.34. The van der Waals surface area contributed by atoms with Crippen molar-refractivity contribution in [1.82, 2.24) is 9.97 Å². The van der Waals surface area contributed by atoms with Crippen molar-refractivity contribution in [3.63, 3.8) is 0 Å². The predicted octanol–water partition coefficient (Wildman–Crippen LogP) is 4.58. The second-order valence-electron chi connectivity index (χ2n) is 3.42. The Bertz CT molecular complexity index is 625. The molecule has 1 aromatic carbocycles. The summed E-state index contributed by atoms with van der Waals surface area (Å²) in [7, 11) is 0. The highest BCUT2D eigenvalue weighted by atomic mass is 79.9. The quantitative estimate of drug-likeness (QED) is 0.794. The molecule has 1 aromatic heterocycles. The van der Waals surface area contributed by atoms with E-state index in [0.717, 1.165) is 6.07 Å². The van der Waals surface area contributed by atoms with E-state index in [4.69, 9.17) is 16.3 Å². The van der Waals surface area contributed by atoms with Crippen LogP contribution in [-0.4, -0.2) is 16.3 Å². The molecule has 0 bridgehead atoms. The van der Waals surface area contributed by atoms with E-state index in [2.05, 4.69) is 30.6 Å². The van der Waals surface area contributed by atoms with Crippen molar-refractivity contribution in [3.05, 3.63) is 40.2 Å². The summed E-state index contributed by atoms with van der Waals surface area (Å²) in [5.41, 5.74) is 0. The molecule has 0 saturated heterocycles. The normalized spacial score (nSPS) is 11.2. The molecule has 0 amide bonds. The van der Waals surface area contributed by atoms with Crippen molar-refractivity contribution < 1.29 is 22.6 Å². The molecular formula is C11H5BrClF3N2O2. The first-order valence-corrected chi connectivity index (χ1v) is 6.21. The van der Waals surface area contributed by atoms with E-state index in [-0.39, 0.29) is 27.0 Å². The molecule has 0 saturated carbocycles. The standard InChI is InChI=1S/C11H5BrClF3N2O2/c12-7-3-6(1-2-8(7)20-11(14,15)16)19-10-5-17-4-9(13)18-10/h1-5H. The lowest BCUT2D eigenvalue weighted by Crippen LogP contribution is -2.17. The van der Waals surface area contributed by atoms with Crippen molar-refractivity contribution in [3.8, 4) is 17.4 Å². The maximum absolute atomic E-state index is 12.1. The van der Waals surface area contributed by atoms with Gasteiger partial charge < -0.3 is 9.47 Å². The number of nitrogens with zero attached hydrogens (tertiary/aromatic N) is 2. The Hall–Kier alpha value is -1.54. The molecule has 1 heterocycles. The zero-order chi connectivity index (χ0) is 14.8. The molecule has 2 aromatic rings. The SMILES string of the molecule is FC(F)(F)Oc1ccc(Oc2cncc(Cl)n2)cc1Br. The van der Waals surface area contributed by atoms with Crippen LogP contribution in [0.1, 0.15) is 0 Å². The molecule has 0 N–H and O–H groups in total. The van der Waals surface area contributed by atoms with E-state index in [1.807, 2.05) is 0 Å². The molecule has 0 aliphatic rings. The number of hydrogen-bond donors (Lipinski definition) is 0. The molecule has 2 rings (SSSR count). The molecule has 0 aliphatic carbocycles. The molecule has 0 fully saturated rings. The van der Waals surface area contributed by atoms with Gasteiger partial charge in [0, 0.05) is 0 Å². The van der Waals surface area contributed by atoms with Gasteiger partial charge in [0.25, 0.3) is 0 Å². The highest BCUT2D eigenvalue weighted by Gasteiger charge is 2.32. The summed E-state index contributed by atoms with van der Waals surface area (Å²) in [5, 5.41) is 0.138. The van der Waals surface area contributed by atoms with Crippen LogP contribution in [0.2, 0.25) is 5.15 Å². The van der Waals surface area contributed by atoms with Gasteiger partial charge >= 0.3 is 6.36 Å². The first-order chi connectivity index (χ1) is 9.33. The first kappa shape index (κ1) is 14.9. The van der Waals surface area contributed by atoms with Crippen molar-refractivity contribution in [2.45, 2.75) is 6.36 Å². The number of hydrogen-bond acceptors (Lipinski definition) is 4. The van der Waals surface area contributed by atoms with Gasteiger partial charge in [-0.3, -0.25) is 4.98 Å². The van der Waals surface area contributed by atoms with Gasteiger partial charge in [0.1, 0.15) is 11.5 Å². The molecule has 0 aliphatic heterocycles. The molecule has 9 heteroatoms. The Labute approximate surface area is 124 Å². The third-order valence-corrected chi connectivity index (χ3v) is 2.74. The van der Waals surface area contributed by atoms with Gasteiger partial charge in [-0.15, -0.1) is 13.2 Å². The van der Waals surface area contributed by atoms with Crippen LogP contribution in [0.25, 0.3) is 0 Å².